The Hall–Kier alpha value is -1.88. The highest BCUT2D eigenvalue weighted by Gasteiger charge is 2.32. The third kappa shape index (κ3) is 3.17. The Kier molecular flexibility index (Phi) is 4.09. The standard InChI is InChI=1S/C15H19NO4/c1-15(2)9-12(18)11-8-10(4-5-13(11)20-15)14(19)16-6-3-7-17/h4-5,8,17H,3,6-7,9H2,1-2H3,(H,16,19). The van der Waals surface area contributed by atoms with Crippen molar-refractivity contribution >= 4 is 11.7 Å². The average molecular weight is 277 g/mol. The molecular formula is C15H19NO4. The lowest BCUT2D eigenvalue weighted by atomic mass is 9.92. The van der Waals surface area contributed by atoms with Gasteiger partial charge in [0.15, 0.2) is 5.78 Å². The number of aliphatic hydroxyl groups is 1. The second kappa shape index (κ2) is 5.63. The van der Waals surface area contributed by atoms with Gasteiger partial charge in [-0.15, -0.1) is 0 Å². The predicted molar refractivity (Wildman–Crippen MR) is 74.1 cm³/mol. The summed E-state index contributed by atoms with van der Waals surface area (Å²) in [5.41, 5.74) is 0.382. The second-order valence-electron chi connectivity index (χ2n) is 5.51. The highest BCUT2D eigenvalue weighted by Crippen LogP contribution is 2.33. The van der Waals surface area contributed by atoms with Gasteiger partial charge in [-0.1, -0.05) is 0 Å². The van der Waals surface area contributed by atoms with E-state index >= 15 is 0 Å². The molecule has 0 radical (unpaired) electrons. The van der Waals surface area contributed by atoms with Crippen LogP contribution in [0.15, 0.2) is 18.2 Å². The summed E-state index contributed by atoms with van der Waals surface area (Å²) in [5.74, 6) is 0.262. The number of ketones is 1. The summed E-state index contributed by atoms with van der Waals surface area (Å²) in [4.78, 5) is 24.0. The molecule has 0 saturated heterocycles. The number of ether oxygens (including phenoxy) is 1. The van der Waals surface area contributed by atoms with Gasteiger partial charge in [-0.3, -0.25) is 9.59 Å². The highest BCUT2D eigenvalue weighted by atomic mass is 16.5. The number of benzene rings is 1. The van der Waals surface area contributed by atoms with Crippen molar-refractivity contribution in [3.63, 3.8) is 0 Å². The molecule has 0 atom stereocenters. The molecule has 1 amide bonds. The first-order valence-corrected chi connectivity index (χ1v) is 6.68. The van der Waals surface area contributed by atoms with E-state index in [-0.39, 0.29) is 18.3 Å². The molecule has 2 N–H and O–H groups in total. The number of nitrogens with one attached hydrogen (secondary N) is 1. The van der Waals surface area contributed by atoms with Gasteiger partial charge in [0.05, 0.1) is 12.0 Å². The SMILES string of the molecule is CC1(C)CC(=O)c2cc(C(=O)NCCCO)ccc2O1. The first-order valence-electron chi connectivity index (χ1n) is 6.68. The smallest absolute Gasteiger partial charge is 0.251 e. The summed E-state index contributed by atoms with van der Waals surface area (Å²) in [6.45, 7) is 4.17. The van der Waals surface area contributed by atoms with Crippen molar-refractivity contribution in [3.8, 4) is 5.75 Å². The van der Waals surface area contributed by atoms with E-state index in [9.17, 15) is 9.59 Å². The molecule has 1 aromatic carbocycles. The van der Waals surface area contributed by atoms with E-state index < -0.39 is 5.60 Å². The number of hydrogen-bond donors (Lipinski definition) is 2. The van der Waals surface area contributed by atoms with Gasteiger partial charge >= 0.3 is 0 Å². The van der Waals surface area contributed by atoms with E-state index in [1.165, 1.54) is 0 Å². The number of hydrogen-bond acceptors (Lipinski definition) is 4. The number of aliphatic hydroxyl groups excluding tert-OH is 1. The third-order valence-electron chi connectivity index (χ3n) is 3.14. The predicted octanol–water partition coefficient (Wildman–Crippen LogP) is 1.54. The molecule has 5 nitrogen and oxygen atoms in total. The van der Waals surface area contributed by atoms with Crippen LogP contribution in [0.5, 0.6) is 5.75 Å². The van der Waals surface area contributed by atoms with E-state index in [0.717, 1.165) is 0 Å². The van der Waals surface area contributed by atoms with E-state index in [0.29, 0.717) is 36.3 Å². The quantitative estimate of drug-likeness (QED) is 0.819. The molecule has 0 aliphatic carbocycles. The Morgan fingerprint density at radius 2 is 2.20 bits per heavy atom. The molecule has 20 heavy (non-hydrogen) atoms. The van der Waals surface area contributed by atoms with E-state index in [4.69, 9.17) is 9.84 Å². The fraction of sp³-hybridized carbons (Fsp3) is 0.467. The van der Waals surface area contributed by atoms with Crippen molar-refractivity contribution in [1.29, 1.82) is 0 Å². The Labute approximate surface area is 117 Å². The van der Waals surface area contributed by atoms with Crippen LogP contribution in [-0.2, 0) is 0 Å². The zero-order chi connectivity index (χ0) is 14.8. The Morgan fingerprint density at radius 3 is 2.90 bits per heavy atom. The van der Waals surface area contributed by atoms with Gasteiger partial charge in [-0.2, -0.15) is 0 Å². The lowest BCUT2D eigenvalue weighted by Crippen LogP contribution is -2.36. The maximum atomic E-state index is 12.1. The zero-order valence-corrected chi connectivity index (χ0v) is 11.7. The van der Waals surface area contributed by atoms with Gasteiger partial charge in [0.1, 0.15) is 11.4 Å². The summed E-state index contributed by atoms with van der Waals surface area (Å²) >= 11 is 0. The van der Waals surface area contributed by atoms with Crippen molar-refractivity contribution < 1.29 is 19.4 Å². The largest absolute Gasteiger partial charge is 0.487 e. The monoisotopic (exact) mass is 277 g/mol. The first kappa shape index (κ1) is 14.5. The van der Waals surface area contributed by atoms with E-state index in [1.54, 1.807) is 18.2 Å². The number of fused-ring (bicyclic) bond motifs is 1. The molecule has 0 saturated carbocycles. The number of carbonyl (C=O) groups is 2. The third-order valence-corrected chi connectivity index (χ3v) is 3.14. The normalized spacial score (nSPS) is 16.2. The van der Waals surface area contributed by atoms with Crippen molar-refractivity contribution in [1.82, 2.24) is 5.32 Å². The molecule has 0 unspecified atom stereocenters. The minimum Gasteiger partial charge on any atom is -0.487 e. The van der Waals surface area contributed by atoms with Crippen LogP contribution >= 0.6 is 0 Å². The van der Waals surface area contributed by atoms with Crippen LogP contribution in [0.25, 0.3) is 0 Å². The maximum Gasteiger partial charge on any atom is 0.251 e. The van der Waals surface area contributed by atoms with Gasteiger partial charge in [0.25, 0.3) is 5.91 Å². The van der Waals surface area contributed by atoms with Crippen LogP contribution in [0, 0.1) is 0 Å². The number of Topliss-reactive ketones (excluding diaryl/α,β-unsaturated/α-hetero) is 1. The number of amides is 1. The first-order chi connectivity index (χ1) is 9.43. The van der Waals surface area contributed by atoms with Crippen LogP contribution in [-0.4, -0.2) is 35.5 Å². The molecule has 1 aliphatic heterocycles. The van der Waals surface area contributed by atoms with Crippen molar-refractivity contribution in [2.75, 3.05) is 13.2 Å². The average Bonchev–Trinajstić information content (AvgIpc) is 2.37. The number of rotatable bonds is 4. The van der Waals surface area contributed by atoms with Gasteiger partial charge in [0.2, 0.25) is 0 Å². The topological polar surface area (TPSA) is 75.6 Å². The van der Waals surface area contributed by atoms with Crippen LogP contribution < -0.4 is 10.1 Å². The summed E-state index contributed by atoms with van der Waals surface area (Å²) < 4.78 is 5.74. The summed E-state index contributed by atoms with van der Waals surface area (Å²) in [6.07, 6.45) is 0.808. The number of carbonyl (C=O) groups excluding carboxylic acids is 2. The molecule has 0 fully saturated rings. The Balaban J connectivity index is 2.18. The molecule has 0 aromatic heterocycles. The molecular weight excluding hydrogens is 258 g/mol. The molecule has 2 rings (SSSR count). The highest BCUT2D eigenvalue weighted by molar-refractivity contribution is 6.03. The molecule has 108 valence electrons. The van der Waals surface area contributed by atoms with Crippen LogP contribution in [0.1, 0.15) is 47.4 Å². The molecule has 5 heteroatoms. The summed E-state index contributed by atoms with van der Waals surface area (Å²) in [6, 6.07) is 4.87. The Morgan fingerprint density at radius 1 is 1.45 bits per heavy atom. The van der Waals surface area contributed by atoms with Crippen LogP contribution in [0.4, 0.5) is 0 Å². The summed E-state index contributed by atoms with van der Waals surface area (Å²) in [5, 5.41) is 11.4. The molecule has 1 aliphatic rings. The maximum absolute atomic E-state index is 12.1. The van der Waals surface area contributed by atoms with Gasteiger partial charge < -0.3 is 15.2 Å². The van der Waals surface area contributed by atoms with E-state index in [2.05, 4.69) is 5.32 Å². The Bertz CT molecular complexity index is 537. The van der Waals surface area contributed by atoms with Crippen molar-refractivity contribution in [2.45, 2.75) is 32.3 Å². The lowest BCUT2D eigenvalue weighted by Gasteiger charge is -2.31. The van der Waals surface area contributed by atoms with Crippen LogP contribution in [0.2, 0.25) is 0 Å². The second-order valence-corrected chi connectivity index (χ2v) is 5.51. The minimum atomic E-state index is -0.505. The minimum absolute atomic E-state index is 0.0127. The zero-order valence-electron chi connectivity index (χ0n) is 11.7. The van der Waals surface area contributed by atoms with Crippen molar-refractivity contribution in [2.24, 2.45) is 0 Å². The van der Waals surface area contributed by atoms with E-state index in [1.807, 2.05) is 13.8 Å². The molecule has 0 bridgehead atoms. The molecule has 0 spiro atoms. The summed E-state index contributed by atoms with van der Waals surface area (Å²) in [7, 11) is 0. The molecule has 1 aromatic rings. The van der Waals surface area contributed by atoms with Crippen molar-refractivity contribution in [3.05, 3.63) is 29.3 Å². The van der Waals surface area contributed by atoms with Gasteiger partial charge in [0, 0.05) is 18.7 Å². The van der Waals surface area contributed by atoms with Gasteiger partial charge in [-0.25, -0.2) is 0 Å². The lowest BCUT2D eigenvalue weighted by molar-refractivity contribution is 0.0620. The fourth-order valence-electron chi connectivity index (χ4n) is 2.18. The molecule has 1 heterocycles. The fourth-order valence-corrected chi connectivity index (χ4v) is 2.18. The van der Waals surface area contributed by atoms with Crippen LogP contribution in [0.3, 0.4) is 0 Å². The van der Waals surface area contributed by atoms with Gasteiger partial charge in [-0.05, 0) is 38.5 Å².